The molecule has 0 atom stereocenters. The van der Waals surface area contributed by atoms with Gasteiger partial charge in [-0.05, 0) is 19.1 Å². The zero-order chi connectivity index (χ0) is 9.26. The van der Waals surface area contributed by atoms with E-state index in [4.69, 9.17) is 4.74 Å². The van der Waals surface area contributed by atoms with Crippen LogP contribution in [0.15, 0.2) is 24.3 Å². The highest BCUT2D eigenvalue weighted by molar-refractivity contribution is 5.84. The molecule has 0 aliphatic carbocycles. The molecule has 0 saturated carbocycles. The maximum Gasteiger partial charge on any atom is 0.219 e. The van der Waals surface area contributed by atoms with Crippen molar-refractivity contribution in [2.45, 2.75) is 13.5 Å². The molecule has 3 nitrogen and oxygen atoms in total. The Bertz CT molecular complexity index is 420. The minimum absolute atomic E-state index is 0.831. The van der Waals surface area contributed by atoms with E-state index in [1.165, 1.54) is 0 Å². The van der Waals surface area contributed by atoms with E-state index in [0.717, 1.165) is 23.3 Å². The van der Waals surface area contributed by atoms with Crippen molar-refractivity contribution in [3.63, 3.8) is 0 Å². The van der Waals surface area contributed by atoms with Gasteiger partial charge in [0.05, 0.1) is 18.0 Å². The number of benzene rings is 1. The molecule has 0 bridgehead atoms. The van der Waals surface area contributed by atoms with Crippen molar-refractivity contribution in [2.75, 3.05) is 7.11 Å². The SMILES string of the molecule is CCn1nc2ccccc2c1OC. The summed E-state index contributed by atoms with van der Waals surface area (Å²) in [4.78, 5) is 0. The number of fused-ring (bicyclic) bond motifs is 1. The minimum Gasteiger partial charge on any atom is -0.481 e. The molecule has 0 amide bonds. The van der Waals surface area contributed by atoms with Crippen LogP contribution in [-0.4, -0.2) is 16.9 Å². The highest BCUT2D eigenvalue weighted by Gasteiger charge is 2.08. The predicted molar refractivity (Wildman–Crippen MR) is 52.0 cm³/mol. The van der Waals surface area contributed by atoms with Crippen LogP contribution in [0.4, 0.5) is 0 Å². The summed E-state index contributed by atoms with van der Waals surface area (Å²) in [6.07, 6.45) is 0. The summed E-state index contributed by atoms with van der Waals surface area (Å²) in [5, 5.41) is 5.47. The molecule has 0 saturated heterocycles. The van der Waals surface area contributed by atoms with E-state index in [1.807, 2.05) is 28.9 Å². The highest BCUT2D eigenvalue weighted by Crippen LogP contribution is 2.24. The first-order chi connectivity index (χ1) is 6.36. The summed E-state index contributed by atoms with van der Waals surface area (Å²) in [5.41, 5.74) is 0.987. The summed E-state index contributed by atoms with van der Waals surface area (Å²) >= 11 is 0. The van der Waals surface area contributed by atoms with Crippen LogP contribution in [0.3, 0.4) is 0 Å². The third kappa shape index (κ3) is 1.16. The van der Waals surface area contributed by atoms with Crippen molar-refractivity contribution in [1.29, 1.82) is 0 Å². The normalized spacial score (nSPS) is 10.6. The van der Waals surface area contributed by atoms with E-state index >= 15 is 0 Å². The molecule has 0 N–H and O–H groups in total. The molecule has 1 aromatic carbocycles. The van der Waals surface area contributed by atoms with Gasteiger partial charge < -0.3 is 4.74 Å². The zero-order valence-electron chi connectivity index (χ0n) is 7.82. The zero-order valence-corrected chi connectivity index (χ0v) is 7.82. The monoisotopic (exact) mass is 176 g/mol. The molecule has 0 aliphatic rings. The van der Waals surface area contributed by atoms with Crippen LogP contribution >= 0.6 is 0 Å². The standard InChI is InChI=1S/C10H12N2O/c1-3-12-10(13-2)8-6-4-5-7-9(8)11-12/h4-7H,3H2,1-2H3. The Balaban J connectivity index is 2.73. The van der Waals surface area contributed by atoms with Crippen molar-refractivity contribution in [1.82, 2.24) is 9.78 Å². The van der Waals surface area contributed by atoms with Gasteiger partial charge in [0.1, 0.15) is 0 Å². The summed E-state index contributed by atoms with van der Waals surface area (Å²) in [6, 6.07) is 7.98. The summed E-state index contributed by atoms with van der Waals surface area (Å²) in [7, 11) is 1.68. The lowest BCUT2D eigenvalue weighted by atomic mass is 10.2. The first kappa shape index (κ1) is 8.10. The van der Waals surface area contributed by atoms with Gasteiger partial charge in [-0.1, -0.05) is 12.1 Å². The number of aryl methyl sites for hydroxylation is 1. The van der Waals surface area contributed by atoms with E-state index in [9.17, 15) is 0 Å². The fraction of sp³-hybridized carbons (Fsp3) is 0.300. The van der Waals surface area contributed by atoms with Crippen LogP contribution in [0.2, 0.25) is 0 Å². The number of hydrogen-bond donors (Lipinski definition) is 0. The van der Waals surface area contributed by atoms with Gasteiger partial charge in [-0.3, -0.25) is 0 Å². The Morgan fingerprint density at radius 1 is 1.38 bits per heavy atom. The van der Waals surface area contributed by atoms with E-state index < -0.39 is 0 Å². The fourth-order valence-electron chi connectivity index (χ4n) is 1.49. The van der Waals surface area contributed by atoms with Crippen molar-refractivity contribution in [3.05, 3.63) is 24.3 Å². The van der Waals surface area contributed by atoms with E-state index in [0.29, 0.717) is 0 Å². The summed E-state index contributed by atoms with van der Waals surface area (Å²) in [6.45, 7) is 2.88. The first-order valence-electron chi connectivity index (χ1n) is 4.36. The lowest BCUT2D eigenvalue weighted by Gasteiger charge is -2.01. The molecule has 0 spiro atoms. The largest absolute Gasteiger partial charge is 0.481 e. The Hall–Kier alpha value is -1.51. The average molecular weight is 176 g/mol. The van der Waals surface area contributed by atoms with Crippen LogP contribution in [0.5, 0.6) is 5.88 Å². The maximum atomic E-state index is 5.29. The second kappa shape index (κ2) is 3.09. The lowest BCUT2D eigenvalue weighted by Crippen LogP contribution is -1.99. The van der Waals surface area contributed by atoms with Crippen LogP contribution in [0.25, 0.3) is 10.9 Å². The second-order valence-electron chi connectivity index (χ2n) is 2.84. The lowest BCUT2D eigenvalue weighted by molar-refractivity contribution is 0.368. The number of methoxy groups -OCH3 is 1. The van der Waals surface area contributed by atoms with Gasteiger partial charge in [-0.15, -0.1) is 0 Å². The Labute approximate surface area is 76.9 Å². The molecule has 0 fully saturated rings. The number of aromatic nitrogens is 2. The summed E-state index contributed by atoms with van der Waals surface area (Å²) in [5.74, 6) is 0.845. The van der Waals surface area contributed by atoms with Crippen molar-refractivity contribution in [3.8, 4) is 5.88 Å². The molecule has 0 aliphatic heterocycles. The number of ether oxygens (including phenoxy) is 1. The summed E-state index contributed by atoms with van der Waals surface area (Å²) < 4.78 is 7.16. The van der Waals surface area contributed by atoms with Gasteiger partial charge in [0, 0.05) is 6.54 Å². The average Bonchev–Trinajstić information content (AvgIpc) is 2.55. The number of hydrogen-bond acceptors (Lipinski definition) is 2. The van der Waals surface area contributed by atoms with Crippen molar-refractivity contribution in [2.24, 2.45) is 0 Å². The third-order valence-electron chi connectivity index (χ3n) is 2.09. The third-order valence-corrected chi connectivity index (χ3v) is 2.09. The van der Waals surface area contributed by atoms with Gasteiger partial charge in [-0.25, -0.2) is 4.68 Å². The van der Waals surface area contributed by atoms with E-state index in [1.54, 1.807) is 7.11 Å². The fourth-order valence-corrected chi connectivity index (χ4v) is 1.49. The van der Waals surface area contributed by atoms with E-state index in [2.05, 4.69) is 12.0 Å². The molecule has 13 heavy (non-hydrogen) atoms. The van der Waals surface area contributed by atoms with Crippen LogP contribution in [0, 0.1) is 0 Å². The van der Waals surface area contributed by atoms with Crippen molar-refractivity contribution >= 4 is 10.9 Å². The molecule has 3 heteroatoms. The Morgan fingerprint density at radius 2 is 2.15 bits per heavy atom. The van der Waals surface area contributed by atoms with Gasteiger partial charge >= 0.3 is 0 Å². The molecule has 68 valence electrons. The molecule has 0 radical (unpaired) electrons. The van der Waals surface area contributed by atoms with E-state index in [-0.39, 0.29) is 0 Å². The molecule has 1 aromatic heterocycles. The van der Waals surface area contributed by atoms with Crippen LogP contribution in [-0.2, 0) is 6.54 Å². The van der Waals surface area contributed by atoms with Crippen molar-refractivity contribution < 1.29 is 4.74 Å². The minimum atomic E-state index is 0.831. The molecule has 2 aromatic rings. The molecular weight excluding hydrogens is 164 g/mol. The van der Waals surface area contributed by atoms with Crippen LogP contribution < -0.4 is 4.74 Å². The molecule has 0 unspecified atom stereocenters. The van der Waals surface area contributed by atoms with Gasteiger partial charge in [0.2, 0.25) is 5.88 Å². The number of rotatable bonds is 2. The smallest absolute Gasteiger partial charge is 0.219 e. The van der Waals surface area contributed by atoms with Gasteiger partial charge in [0.15, 0.2) is 0 Å². The molecule has 1 heterocycles. The van der Waals surface area contributed by atoms with Gasteiger partial charge in [-0.2, -0.15) is 5.10 Å². The topological polar surface area (TPSA) is 27.1 Å². The quantitative estimate of drug-likeness (QED) is 0.700. The van der Waals surface area contributed by atoms with Gasteiger partial charge in [0.25, 0.3) is 0 Å². The molecular formula is C10H12N2O. The second-order valence-corrected chi connectivity index (χ2v) is 2.84. The Morgan fingerprint density at radius 3 is 2.85 bits per heavy atom. The Kier molecular flexibility index (Phi) is 1.93. The van der Waals surface area contributed by atoms with Crippen LogP contribution in [0.1, 0.15) is 6.92 Å². The first-order valence-corrected chi connectivity index (χ1v) is 4.36. The predicted octanol–water partition coefficient (Wildman–Crippen LogP) is 2.06. The highest BCUT2D eigenvalue weighted by atomic mass is 16.5. The number of nitrogens with zero attached hydrogens (tertiary/aromatic N) is 2. The molecule has 2 rings (SSSR count). The maximum absolute atomic E-state index is 5.29.